The second kappa shape index (κ2) is 4.94. The first kappa shape index (κ1) is 12.6. The molecular weight excluding hydrogens is 278 g/mol. The van der Waals surface area contributed by atoms with Crippen molar-refractivity contribution in [3.8, 4) is 28.1 Å². The predicted octanol–water partition coefficient (Wildman–Crippen LogP) is 3.58. The zero-order valence-corrected chi connectivity index (χ0v) is 11.4. The third kappa shape index (κ3) is 2.02. The van der Waals surface area contributed by atoms with E-state index in [9.17, 15) is 0 Å². The zero-order valence-electron chi connectivity index (χ0n) is 10.7. The number of benzene rings is 1. The summed E-state index contributed by atoms with van der Waals surface area (Å²) in [5.74, 6) is 1.18. The van der Waals surface area contributed by atoms with Gasteiger partial charge in [-0.25, -0.2) is 0 Å². The lowest BCUT2D eigenvalue weighted by Crippen LogP contribution is -1.89. The minimum absolute atomic E-state index is 0.295. The summed E-state index contributed by atoms with van der Waals surface area (Å²) in [6, 6.07) is 9.32. The number of nitrogens with one attached hydrogen (secondary N) is 1. The highest BCUT2D eigenvalue weighted by Gasteiger charge is 2.18. The summed E-state index contributed by atoms with van der Waals surface area (Å²) in [5.41, 5.74) is 9.11. The predicted molar refractivity (Wildman–Crippen MR) is 77.7 cm³/mol. The Balaban J connectivity index is 2.13. The highest BCUT2D eigenvalue weighted by atomic mass is 35.5. The van der Waals surface area contributed by atoms with Crippen LogP contribution in [-0.2, 0) is 0 Å². The number of ether oxygens (including phenoxy) is 1. The van der Waals surface area contributed by atoms with Crippen LogP contribution in [0.25, 0.3) is 22.4 Å². The van der Waals surface area contributed by atoms with Gasteiger partial charge in [-0.05, 0) is 35.4 Å². The van der Waals surface area contributed by atoms with Gasteiger partial charge in [0.05, 0.1) is 30.2 Å². The van der Waals surface area contributed by atoms with Crippen molar-refractivity contribution in [1.82, 2.24) is 10.2 Å². The van der Waals surface area contributed by atoms with Gasteiger partial charge in [-0.3, -0.25) is 5.10 Å². The van der Waals surface area contributed by atoms with Crippen LogP contribution in [0.15, 0.2) is 41.0 Å². The topological polar surface area (TPSA) is 77.1 Å². The lowest BCUT2D eigenvalue weighted by atomic mass is 10.0. The molecule has 102 valence electrons. The average molecular weight is 290 g/mol. The van der Waals surface area contributed by atoms with Crippen LogP contribution >= 0.6 is 11.6 Å². The molecule has 0 aliphatic carbocycles. The van der Waals surface area contributed by atoms with Gasteiger partial charge in [-0.15, -0.1) is 0 Å². The lowest BCUT2D eigenvalue weighted by molar-refractivity contribution is 0.415. The van der Waals surface area contributed by atoms with Gasteiger partial charge in [0.2, 0.25) is 5.22 Å². The third-order valence-electron chi connectivity index (χ3n) is 3.06. The van der Waals surface area contributed by atoms with E-state index in [2.05, 4.69) is 10.2 Å². The maximum absolute atomic E-state index is 6.02. The van der Waals surface area contributed by atoms with Gasteiger partial charge in [-0.1, -0.05) is 12.1 Å². The van der Waals surface area contributed by atoms with Crippen LogP contribution < -0.4 is 10.5 Å². The Morgan fingerprint density at radius 3 is 2.60 bits per heavy atom. The normalized spacial score (nSPS) is 10.7. The van der Waals surface area contributed by atoms with Crippen molar-refractivity contribution in [2.45, 2.75) is 0 Å². The molecule has 0 bridgehead atoms. The highest BCUT2D eigenvalue weighted by molar-refractivity contribution is 6.31. The molecule has 3 N–H and O–H groups in total. The number of hydrogen-bond donors (Lipinski definition) is 2. The van der Waals surface area contributed by atoms with Crippen LogP contribution in [0.1, 0.15) is 0 Å². The largest absolute Gasteiger partial charge is 0.497 e. The van der Waals surface area contributed by atoms with Crippen LogP contribution in [0.3, 0.4) is 0 Å². The summed E-state index contributed by atoms with van der Waals surface area (Å²) < 4.78 is 10.3. The number of aromatic amines is 1. The van der Waals surface area contributed by atoms with Crippen molar-refractivity contribution in [2.24, 2.45) is 0 Å². The van der Waals surface area contributed by atoms with Crippen LogP contribution in [0.4, 0.5) is 5.82 Å². The van der Waals surface area contributed by atoms with Crippen molar-refractivity contribution in [3.63, 3.8) is 0 Å². The van der Waals surface area contributed by atoms with Crippen molar-refractivity contribution in [1.29, 1.82) is 0 Å². The van der Waals surface area contributed by atoms with Gasteiger partial charge < -0.3 is 14.9 Å². The molecule has 3 rings (SSSR count). The summed E-state index contributed by atoms with van der Waals surface area (Å²) in [7, 11) is 1.62. The van der Waals surface area contributed by atoms with E-state index in [0.29, 0.717) is 11.0 Å². The number of H-pyrrole nitrogens is 1. The first-order valence-electron chi connectivity index (χ1n) is 5.92. The smallest absolute Gasteiger partial charge is 0.202 e. The summed E-state index contributed by atoms with van der Waals surface area (Å²) in [6.07, 6.45) is 1.52. The van der Waals surface area contributed by atoms with Crippen molar-refractivity contribution in [2.75, 3.05) is 12.8 Å². The summed E-state index contributed by atoms with van der Waals surface area (Å²) in [6.45, 7) is 0. The fourth-order valence-corrected chi connectivity index (χ4v) is 2.28. The average Bonchev–Trinajstić information content (AvgIpc) is 3.05. The molecule has 5 nitrogen and oxygen atoms in total. The molecule has 0 aliphatic heterocycles. The van der Waals surface area contributed by atoms with Gasteiger partial charge >= 0.3 is 0 Å². The monoisotopic (exact) mass is 289 g/mol. The molecule has 6 heteroatoms. The maximum Gasteiger partial charge on any atom is 0.202 e. The molecular formula is C14H12ClN3O2. The fraction of sp³-hybridized carbons (Fsp3) is 0.0714. The van der Waals surface area contributed by atoms with E-state index >= 15 is 0 Å². The quantitative estimate of drug-likeness (QED) is 0.772. The second-order valence-electron chi connectivity index (χ2n) is 4.20. The molecule has 3 aromatic rings. The SMILES string of the molecule is COc1ccc(-c2c(N)n[nH]c2-c2ccoc2Cl)cc1. The van der Waals surface area contributed by atoms with Crippen LogP contribution in [0, 0.1) is 0 Å². The maximum atomic E-state index is 6.02. The van der Waals surface area contributed by atoms with E-state index in [1.807, 2.05) is 24.3 Å². The molecule has 0 fully saturated rings. The van der Waals surface area contributed by atoms with Gasteiger partial charge in [0.1, 0.15) is 5.75 Å². The molecule has 0 unspecified atom stereocenters. The Kier molecular flexibility index (Phi) is 3.12. The van der Waals surface area contributed by atoms with Gasteiger partial charge in [0.15, 0.2) is 5.82 Å². The standard InChI is InChI=1S/C14H12ClN3O2/c1-19-9-4-2-8(3-5-9)11-12(17-18-14(11)16)10-6-7-20-13(10)15/h2-7H,1H3,(H3,16,17,18). The van der Waals surface area contributed by atoms with Crippen LogP contribution in [0.2, 0.25) is 5.22 Å². The number of anilines is 1. The van der Waals surface area contributed by atoms with Crippen molar-refractivity contribution < 1.29 is 9.15 Å². The Morgan fingerprint density at radius 1 is 1.25 bits per heavy atom. The molecule has 0 radical (unpaired) electrons. The number of nitrogens with two attached hydrogens (primary N) is 1. The summed E-state index contributed by atoms with van der Waals surface area (Å²) >= 11 is 6.02. The molecule has 1 aromatic carbocycles. The molecule has 0 spiro atoms. The second-order valence-corrected chi connectivity index (χ2v) is 4.54. The van der Waals surface area contributed by atoms with Crippen LogP contribution in [-0.4, -0.2) is 17.3 Å². The Labute approximate surface area is 120 Å². The van der Waals surface area contributed by atoms with Gasteiger partial charge in [0.25, 0.3) is 0 Å². The number of methoxy groups -OCH3 is 1. The summed E-state index contributed by atoms with van der Waals surface area (Å²) in [5, 5.41) is 7.24. The van der Waals surface area contributed by atoms with E-state index in [1.165, 1.54) is 6.26 Å². The van der Waals surface area contributed by atoms with E-state index in [1.54, 1.807) is 13.2 Å². The molecule has 20 heavy (non-hydrogen) atoms. The number of rotatable bonds is 3. The van der Waals surface area contributed by atoms with Crippen molar-refractivity contribution >= 4 is 17.4 Å². The van der Waals surface area contributed by atoms with Gasteiger partial charge in [0, 0.05) is 0 Å². The number of nitrogens with zero attached hydrogens (tertiary/aromatic N) is 1. The molecule has 2 aromatic heterocycles. The molecule has 0 atom stereocenters. The minimum atomic E-state index is 0.295. The number of hydrogen-bond acceptors (Lipinski definition) is 4. The Hall–Kier alpha value is -2.40. The number of furan rings is 1. The molecule has 0 amide bonds. The molecule has 0 saturated carbocycles. The van der Waals surface area contributed by atoms with E-state index in [0.717, 1.165) is 28.1 Å². The number of nitrogen functional groups attached to an aromatic ring is 1. The lowest BCUT2D eigenvalue weighted by Gasteiger charge is -2.05. The molecule has 0 saturated heterocycles. The zero-order chi connectivity index (χ0) is 14.1. The molecule has 0 aliphatic rings. The van der Waals surface area contributed by atoms with Crippen LogP contribution in [0.5, 0.6) is 5.75 Å². The van der Waals surface area contributed by atoms with Gasteiger partial charge in [-0.2, -0.15) is 5.10 Å². The Bertz CT molecular complexity index is 731. The fourth-order valence-electron chi connectivity index (χ4n) is 2.07. The first-order chi connectivity index (χ1) is 9.70. The minimum Gasteiger partial charge on any atom is -0.497 e. The van der Waals surface area contributed by atoms with E-state index in [4.69, 9.17) is 26.5 Å². The first-order valence-corrected chi connectivity index (χ1v) is 6.30. The highest BCUT2D eigenvalue weighted by Crippen LogP contribution is 2.38. The van der Waals surface area contributed by atoms with Crippen molar-refractivity contribution in [3.05, 3.63) is 41.8 Å². The summed E-state index contributed by atoms with van der Waals surface area (Å²) in [4.78, 5) is 0. The number of aromatic nitrogens is 2. The number of halogens is 1. The molecule has 2 heterocycles. The third-order valence-corrected chi connectivity index (χ3v) is 3.35. The van der Waals surface area contributed by atoms with E-state index < -0.39 is 0 Å². The Morgan fingerprint density at radius 2 is 2.00 bits per heavy atom. The van der Waals surface area contributed by atoms with E-state index in [-0.39, 0.29) is 0 Å².